The summed E-state index contributed by atoms with van der Waals surface area (Å²) < 4.78 is 11.0. The van der Waals surface area contributed by atoms with Gasteiger partial charge in [-0.25, -0.2) is 4.79 Å². The fourth-order valence-corrected chi connectivity index (χ4v) is 7.37. The minimum Gasteiger partial charge on any atom is -0.467 e. The maximum atomic E-state index is 12.2. The number of carbonyl (C=O) groups is 1. The molecule has 174 valence electrons. The molecule has 2 N–H and O–H groups in total. The molecule has 5 nitrogen and oxygen atoms in total. The van der Waals surface area contributed by atoms with Gasteiger partial charge in [0, 0.05) is 0 Å². The van der Waals surface area contributed by atoms with E-state index in [-0.39, 0.29) is 16.7 Å². The quantitative estimate of drug-likeness (QED) is 0.630. The highest BCUT2D eigenvalue weighted by atomic mass is 16.6. The van der Waals surface area contributed by atoms with Crippen LogP contribution in [0.1, 0.15) is 99.3 Å². The standard InChI is InChI=1S/C25H44O5/c1-17-9-10-18-21(2,3)12-8-13-23(18,5)25(17,28)16-15-22(4)14-11-19(30-22)24(6,27)20(26)29-7/h17-19,27-28H,8-16H2,1-7H3/t17-,18?,19+,22-,23+,24-,25-/m1/s1. The Morgan fingerprint density at radius 3 is 2.40 bits per heavy atom. The molecule has 0 aromatic carbocycles. The Kier molecular flexibility index (Phi) is 6.19. The number of methoxy groups -OCH3 is 1. The minimum absolute atomic E-state index is 0.0850. The highest BCUT2D eigenvalue weighted by Gasteiger charge is 2.61. The molecular weight excluding hydrogens is 380 g/mol. The van der Waals surface area contributed by atoms with E-state index in [1.165, 1.54) is 33.3 Å². The molecule has 0 aromatic rings. The summed E-state index contributed by atoms with van der Waals surface area (Å²) in [5, 5.41) is 22.8. The van der Waals surface area contributed by atoms with Crippen LogP contribution in [-0.4, -0.2) is 46.2 Å². The molecule has 5 heteroatoms. The van der Waals surface area contributed by atoms with Gasteiger partial charge in [-0.05, 0) is 87.9 Å². The van der Waals surface area contributed by atoms with Gasteiger partial charge < -0.3 is 19.7 Å². The number of hydrogen-bond donors (Lipinski definition) is 2. The molecule has 2 aliphatic carbocycles. The molecule has 0 radical (unpaired) electrons. The monoisotopic (exact) mass is 424 g/mol. The van der Waals surface area contributed by atoms with Crippen molar-refractivity contribution in [2.24, 2.45) is 22.7 Å². The summed E-state index contributed by atoms with van der Waals surface area (Å²) in [6, 6.07) is 0. The molecule has 2 saturated carbocycles. The van der Waals surface area contributed by atoms with Crippen LogP contribution in [0.2, 0.25) is 0 Å². The van der Waals surface area contributed by atoms with Crippen LogP contribution in [0, 0.1) is 22.7 Å². The van der Waals surface area contributed by atoms with Gasteiger partial charge in [-0.3, -0.25) is 0 Å². The van der Waals surface area contributed by atoms with Gasteiger partial charge in [-0.1, -0.05) is 34.1 Å². The fraction of sp³-hybridized carbons (Fsp3) is 0.960. The smallest absolute Gasteiger partial charge is 0.340 e. The molecule has 1 heterocycles. The van der Waals surface area contributed by atoms with Gasteiger partial charge >= 0.3 is 5.97 Å². The second-order valence-corrected chi connectivity index (χ2v) is 11.9. The van der Waals surface area contributed by atoms with Crippen molar-refractivity contribution in [3.63, 3.8) is 0 Å². The topological polar surface area (TPSA) is 76.0 Å². The average Bonchev–Trinajstić information content (AvgIpc) is 3.06. The third-order valence-electron chi connectivity index (χ3n) is 9.54. The second kappa shape index (κ2) is 7.74. The molecule has 0 spiro atoms. The van der Waals surface area contributed by atoms with E-state index in [4.69, 9.17) is 9.47 Å². The number of aliphatic hydroxyl groups is 2. The van der Waals surface area contributed by atoms with Crippen molar-refractivity contribution in [1.82, 2.24) is 0 Å². The number of fused-ring (bicyclic) bond motifs is 1. The third-order valence-corrected chi connectivity index (χ3v) is 9.54. The highest BCUT2D eigenvalue weighted by molar-refractivity contribution is 5.79. The summed E-state index contributed by atoms with van der Waals surface area (Å²) in [5.74, 6) is 0.132. The molecule has 1 aliphatic heterocycles. The Bertz CT molecular complexity index is 658. The van der Waals surface area contributed by atoms with Crippen molar-refractivity contribution < 1.29 is 24.5 Å². The van der Waals surface area contributed by atoms with Crippen LogP contribution in [0.5, 0.6) is 0 Å². The molecular formula is C25H44O5. The van der Waals surface area contributed by atoms with E-state index in [0.717, 1.165) is 25.7 Å². The Morgan fingerprint density at radius 1 is 1.10 bits per heavy atom. The zero-order chi connectivity index (χ0) is 22.6. The maximum absolute atomic E-state index is 12.2. The average molecular weight is 425 g/mol. The molecule has 0 amide bonds. The zero-order valence-corrected chi connectivity index (χ0v) is 20.2. The van der Waals surface area contributed by atoms with Gasteiger partial charge in [0.25, 0.3) is 0 Å². The van der Waals surface area contributed by atoms with Gasteiger partial charge in [0.05, 0.1) is 24.4 Å². The molecule has 7 atom stereocenters. The number of hydrogen-bond acceptors (Lipinski definition) is 5. The van der Waals surface area contributed by atoms with E-state index in [9.17, 15) is 15.0 Å². The molecule has 30 heavy (non-hydrogen) atoms. The van der Waals surface area contributed by atoms with Crippen molar-refractivity contribution in [2.45, 2.75) is 122 Å². The number of rotatable bonds is 5. The van der Waals surface area contributed by atoms with Crippen LogP contribution < -0.4 is 0 Å². The molecule has 3 fully saturated rings. The molecule has 3 aliphatic rings. The lowest BCUT2D eigenvalue weighted by molar-refractivity contribution is -0.219. The van der Waals surface area contributed by atoms with Crippen LogP contribution in [0.3, 0.4) is 0 Å². The molecule has 0 bridgehead atoms. The first-order valence-corrected chi connectivity index (χ1v) is 11.9. The Labute approximate surface area is 182 Å². The summed E-state index contributed by atoms with van der Waals surface area (Å²) in [6.45, 7) is 12.8. The minimum atomic E-state index is -1.65. The first-order chi connectivity index (χ1) is 13.7. The van der Waals surface area contributed by atoms with Crippen molar-refractivity contribution in [1.29, 1.82) is 0 Å². The number of esters is 1. The Hall–Kier alpha value is -0.650. The molecule has 3 rings (SSSR count). The zero-order valence-electron chi connectivity index (χ0n) is 20.2. The van der Waals surface area contributed by atoms with Crippen molar-refractivity contribution >= 4 is 5.97 Å². The van der Waals surface area contributed by atoms with Crippen LogP contribution in [0.4, 0.5) is 0 Å². The van der Waals surface area contributed by atoms with E-state index < -0.39 is 28.9 Å². The lowest BCUT2D eigenvalue weighted by Gasteiger charge is -2.63. The normalized spacial score (nSPS) is 45.4. The van der Waals surface area contributed by atoms with Gasteiger partial charge in [-0.15, -0.1) is 0 Å². The largest absolute Gasteiger partial charge is 0.467 e. The van der Waals surface area contributed by atoms with E-state index in [2.05, 4.69) is 34.6 Å². The van der Waals surface area contributed by atoms with Gasteiger partial charge in [-0.2, -0.15) is 0 Å². The SMILES string of the molecule is COC(=O)[C@](C)(O)[C@@H]1CC[C@](C)(CC[C@@]2(O)[C@H](C)CCC3C(C)(C)CCC[C@@]32C)O1. The number of carbonyl (C=O) groups excluding carboxylic acids is 1. The van der Waals surface area contributed by atoms with Crippen LogP contribution in [0.25, 0.3) is 0 Å². The summed E-state index contributed by atoms with van der Waals surface area (Å²) >= 11 is 0. The van der Waals surface area contributed by atoms with Crippen molar-refractivity contribution in [3.05, 3.63) is 0 Å². The third kappa shape index (κ3) is 3.73. The summed E-state index contributed by atoms with van der Waals surface area (Å²) in [4.78, 5) is 12.0. The molecule has 0 aromatic heterocycles. The van der Waals surface area contributed by atoms with Crippen molar-refractivity contribution in [2.75, 3.05) is 7.11 Å². The lowest BCUT2D eigenvalue weighted by Crippen LogP contribution is -2.62. The highest BCUT2D eigenvalue weighted by Crippen LogP contribution is 2.64. The second-order valence-electron chi connectivity index (χ2n) is 11.9. The summed E-state index contributed by atoms with van der Waals surface area (Å²) in [6.07, 6.45) is 7.98. The predicted octanol–water partition coefficient (Wildman–Crippen LogP) is 4.62. The van der Waals surface area contributed by atoms with E-state index in [1.807, 2.05) is 0 Å². The lowest BCUT2D eigenvalue weighted by atomic mass is 9.44. The van der Waals surface area contributed by atoms with Gasteiger partial charge in [0.15, 0.2) is 5.60 Å². The van der Waals surface area contributed by atoms with E-state index in [1.54, 1.807) is 0 Å². The molecule has 1 saturated heterocycles. The first kappa shape index (κ1) is 24.0. The summed E-state index contributed by atoms with van der Waals surface area (Å²) in [7, 11) is 1.29. The van der Waals surface area contributed by atoms with Crippen molar-refractivity contribution in [3.8, 4) is 0 Å². The van der Waals surface area contributed by atoms with E-state index >= 15 is 0 Å². The Balaban J connectivity index is 1.76. The summed E-state index contributed by atoms with van der Waals surface area (Å²) in [5.41, 5.74) is -2.64. The van der Waals surface area contributed by atoms with E-state index in [0.29, 0.717) is 18.8 Å². The van der Waals surface area contributed by atoms with Crippen LogP contribution in [0.15, 0.2) is 0 Å². The first-order valence-electron chi connectivity index (χ1n) is 11.9. The Morgan fingerprint density at radius 2 is 1.77 bits per heavy atom. The fourth-order valence-electron chi connectivity index (χ4n) is 7.37. The van der Waals surface area contributed by atoms with Crippen LogP contribution in [-0.2, 0) is 14.3 Å². The molecule has 1 unspecified atom stereocenters. The maximum Gasteiger partial charge on any atom is 0.340 e. The van der Waals surface area contributed by atoms with Crippen LogP contribution >= 0.6 is 0 Å². The van der Waals surface area contributed by atoms with Gasteiger partial charge in [0.1, 0.15) is 0 Å². The predicted molar refractivity (Wildman–Crippen MR) is 117 cm³/mol. The van der Waals surface area contributed by atoms with Gasteiger partial charge in [0.2, 0.25) is 0 Å². The number of ether oxygens (including phenoxy) is 2.